The first-order valence-electron chi connectivity index (χ1n) is 8.94. The summed E-state index contributed by atoms with van der Waals surface area (Å²) in [4.78, 5) is 14.5. The average Bonchev–Trinajstić information content (AvgIpc) is 2.98. The molecule has 0 saturated carbocycles. The highest BCUT2D eigenvalue weighted by Gasteiger charge is 2.26. The second-order valence-corrected chi connectivity index (χ2v) is 6.53. The Kier molecular flexibility index (Phi) is 5.56. The number of nitrogens with one attached hydrogen (secondary N) is 1. The number of halogens is 1. The maximum absolute atomic E-state index is 13.3. The van der Waals surface area contributed by atoms with Crippen molar-refractivity contribution in [1.29, 1.82) is 0 Å². The molecule has 1 saturated heterocycles. The fraction of sp³-hybridized carbons (Fsp3) is 0.474. The number of amides is 2. The lowest BCUT2D eigenvalue weighted by Crippen LogP contribution is -2.45. The van der Waals surface area contributed by atoms with E-state index in [0.29, 0.717) is 25.3 Å². The Hall–Kier alpha value is -2.41. The Morgan fingerprint density at radius 1 is 1.38 bits per heavy atom. The minimum Gasteiger partial charge on any atom is -0.380 e. The normalized spacial score (nSPS) is 17.4. The summed E-state index contributed by atoms with van der Waals surface area (Å²) in [5, 5.41) is 7.52. The van der Waals surface area contributed by atoms with Crippen LogP contribution in [-0.4, -0.2) is 47.0 Å². The molecule has 2 aromatic rings. The smallest absolute Gasteiger partial charge is 0.323 e. The van der Waals surface area contributed by atoms with E-state index in [-0.39, 0.29) is 18.0 Å². The molecule has 6 nitrogen and oxygen atoms in total. The van der Waals surface area contributed by atoms with Crippen molar-refractivity contribution in [3.63, 3.8) is 0 Å². The first-order valence-corrected chi connectivity index (χ1v) is 8.94. The van der Waals surface area contributed by atoms with Crippen LogP contribution >= 0.6 is 0 Å². The molecule has 1 N–H and O–H groups in total. The lowest BCUT2D eigenvalue weighted by atomic mass is 10.0. The molecule has 1 aromatic carbocycles. The number of nitrogens with zero attached hydrogens (tertiary/aromatic N) is 3. The van der Waals surface area contributed by atoms with Gasteiger partial charge in [0.1, 0.15) is 11.6 Å². The highest BCUT2D eigenvalue weighted by Crippen LogP contribution is 2.32. The summed E-state index contributed by atoms with van der Waals surface area (Å²) in [6.45, 7) is 3.29. The summed E-state index contributed by atoms with van der Waals surface area (Å²) in [5.41, 5.74) is 2.53. The Bertz CT molecular complexity index is 773. The van der Waals surface area contributed by atoms with Crippen LogP contribution in [-0.2, 0) is 18.2 Å². The number of hydrogen-bond donors (Lipinski definition) is 1. The summed E-state index contributed by atoms with van der Waals surface area (Å²) >= 11 is 0. The van der Waals surface area contributed by atoms with Gasteiger partial charge in [-0.15, -0.1) is 0 Å². The molecule has 2 amide bonds. The molecule has 1 atom stereocenters. The van der Waals surface area contributed by atoms with E-state index < -0.39 is 0 Å². The van der Waals surface area contributed by atoms with Crippen LogP contribution in [0, 0.1) is 5.82 Å². The van der Waals surface area contributed by atoms with Crippen molar-refractivity contribution >= 4 is 11.8 Å². The van der Waals surface area contributed by atoms with Gasteiger partial charge < -0.3 is 9.64 Å². The van der Waals surface area contributed by atoms with E-state index in [4.69, 9.17) is 4.74 Å². The topological polar surface area (TPSA) is 59.4 Å². The van der Waals surface area contributed by atoms with Gasteiger partial charge in [-0.05, 0) is 37.0 Å². The molecule has 1 fully saturated rings. The number of methoxy groups -OCH3 is 1. The molecule has 0 unspecified atom stereocenters. The van der Waals surface area contributed by atoms with Crippen molar-refractivity contribution in [1.82, 2.24) is 14.7 Å². The molecule has 26 heavy (non-hydrogen) atoms. The van der Waals surface area contributed by atoms with Crippen molar-refractivity contribution in [2.24, 2.45) is 7.05 Å². The average molecular weight is 360 g/mol. The number of carbonyl (C=O) groups excluding carboxylic acids is 1. The molecule has 0 spiro atoms. The van der Waals surface area contributed by atoms with Crippen molar-refractivity contribution in [3.05, 3.63) is 35.8 Å². The molecule has 1 aliphatic heterocycles. The number of ether oxygens (including phenoxy) is 1. The Morgan fingerprint density at radius 2 is 2.12 bits per heavy atom. The van der Waals surface area contributed by atoms with Gasteiger partial charge in [-0.2, -0.15) is 5.10 Å². The van der Waals surface area contributed by atoms with Crippen LogP contribution in [0.4, 0.5) is 15.0 Å². The second-order valence-electron chi connectivity index (χ2n) is 6.53. The molecule has 0 bridgehead atoms. The molecule has 2 heterocycles. The number of hydrogen-bond acceptors (Lipinski definition) is 3. The number of benzene rings is 1. The second kappa shape index (κ2) is 7.86. The van der Waals surface area contributed by atoms with Crippen molar-refractivity contribution < 1.29 is 13.9 Å². The number of piperidine rings is 1. The molecular weight excluding hydrogens is 335 g/mol. The third kappa shape index (κ3) is 3.72. The number of rotatable bonds is 4. The predicted octanol–water partition coefficient (Wildman–Crippen LogP) is 3.43. The Balaban J connectivity index is 1.88. The monoisotopic (exact) mass is 360 g/mol. The van der Waals surface area contributed by atoms with Crippen LogP contribution in [0.3, 0.4) is 0 Å². The lowest BCUT2D eigenvalue weighted by Gasteiger charge is -2.32. The number of carbonyl (C=O) groups is 1. The maximum Gasteiger partial charge on any atom is 0.323 e. The summed E-state index contributed by atoms with van der Waals surface area (Å²) < 4.78 is 20.4. The van der Waals surface area contributed by atoms with Gasteiger partial charge in [0.15, 0.2) is 0 Å². The summed E-state index contributed by atoms with van der Waals surface area (Å²) in [7, 11) is 3.48. The summed E-state index contributed by atoms with van der Waals surface area (Å²) in [6.07, 6.45) is 2.67. The first-order chi connectivity index (χ1) is 12.5. The summed E-state index contributed by atoms with van der Waals surface area (Å²) in [5.74, 6) is 0.332. The largest absolute Gasteiger partial charge is 0.380 e. The number of anilines is 1. The van der Waals surface area contributed by atoms with Gasteiger partial charge in [-0.25, -0.2) is 9.18 Å². The molecule has 140 valence electrons. The van der Waals surface area contributed by atoms with Crippen LogP contribution in [0.25, 0.3) is 11.1 Å². The molecule has 0 radical (unpaired) electrons. The third-order valence-corrected chi connectivity index (χ3v) is 4.81. The van der Waals surface area contributed by atoms with Gasteiger partial charge in [-0.1, -0.05) is 19.1 Å². The first kappa shape index (κ1) is 18.4. The fourth-order valence-corrected chi connectivity index (χ4v) is 3.39. The highest BCUT2D eigenvalue weighted by molar-refractivity contribution is 5.94. The van der Waals surface area contributed by atoms with E-state index in [9.17, 15) is 9.18 Å². The predicted molar refractivity (Wildman–Crippen MR) is 98.6 cm³/mol. The van der Waals surface area contributed by atoms with Gasteiger partial charge >= 0.3 is 6.03 Å². The minimum atomic E-state index is -0.291. The van der Waals surface area contributed by atoms with Gasteiger partial charge in [0.05, 0.1) is 11.8 Å². The molecule has 1 aromatic heterocycles. The van der Waals surface area contributed by atoms with Crippen molar-refractivity contribution in [2.75, 3.05) is 25.5 Å². The van der Waals surface area contributed by atoms with E-state index in [1.165, 1.54) is 12.1 Å². The zero-order valence-electron chi connectivity index (χ0n) is 15.5. The highest BCUT2D eigenvalue weighted by atomic mass is 19.1. The number of likely N-dealkylation sites (tertiary alicyclic amines) is 1. The van der Waals surface area contributed by atoms with E-state index in [1.54, 1.807) is 35.9 Å². The van der Waals surface area contributed by atoms with Gasteiger partial charge in [0.2, 0.25) is 0 Å². The quantitative estimate of drug-likeness (QED) is 0.909. The summed E-state index contributed by atoms with van der Waals surface area (Å²) in [6, 6.07) is 6.09. The Morgan fingerprint density at radius 3 is 2.77 bits per heavy atom. The van der Waals surface area contributed by atoms with Crippen LogP contribution in [0.5, 0.6) is 0 Å². The van der Waals surface area contributed by atoms with E-state index in [0.717, 1.165) is 29.7 Å². The minimum absolute atomic E-state index is 0.0730. The lowest BCUT2D eigenvalue weighted by molar-refractivity contribution is 0.0458. The number of aryl methyl sites for hydroxylation is 2. The zero-order chi connectivity index (χ0) is 18.7. The van der Waals surface area contributed by atoms with Gasteiger partial charge in [-0.3, -0.25) is 10.00 Å². The van der Waals surface area contributed by atoms with E-state index in [1.807, 2.05) is 6.92 Å². The molecule has 7 heteroatoms. The molecule has 1 aliphatic rings. The maximum atomic E-state index is 13.3. The third-order valence-electron chi connectivity index (χ3n) is 4.81. The van der Waals surface area contributed by atoms with Crippen LogP contribution in [0.15, 0.2) is 24.3 Å². The van der Waals surface area contributed by atoms with Gasteiger partial charge in [0.25, 0.3) is 0 Å². The van der Waals surface area contributed by atoms with Gasteiger partial charge in [0, 0.05) is 32.8 Å². The molecular formula is C19H25FN4O2. The molecule has 3 rings (SSSR count). The van der Waals surface area contributed by atoms with Crippen LogP contribution in [0.2, 0.25) is 0 Å². The Labute approximate surface area is 152 Å². The zero-order valence-corrected chi connectivity index (χ0v) is 15.5. The molecule has 0 aliphatic carbocycles. The number of urea groups is 1. The van der Waals surface area contributed by atoms with Crippen LogP contribution in [0.1, 0.15) is 25.5 Å². The van der Waals surface area contributed by atoms with Crippen molar-refractivity contribution in [3.8, 4) is 11.1 Å². The van der Waals surface area contributed by atoms with E-state index >= 15 is 0 Å². The van der Waals surface area contributed by atoms with E-state index in [2.05, 4.69) is 10.4 Å². The SMILES string of the molecule is CCc1nn(C)c(NC(=O)N2CCC[C@H](OC)C2)c1-c1ccc(F)cc1. The van der Waals surface area contributed by atoms with Crippen molar-refractivity contribution in [2.45, 2.75) is 32.3 Å². The fourth-order valence-electron chi connectivity index (χ4n) is 3.39. The standard InChI is InChI=1S/C19H25FN4O2/c1-4-16-17(13-7-9-14(20)10-8-13)18(23(2)22-16)21-19(25)24-11-5-6-15(12-24)26-3/h7-10,15H,4-6,11-12H2,1-3H3,(H,21,25)/t15-/m0/s1. The number of aromatic nitrogens is 2. The van der Waals surface area contributed by atoms with Crippen LogP contribution < -0.4 is 5.32 Å².